The third-order valence-corrected chi connectivity index (χ3v) is 10.6. The summed E-state index contributed by atoms with van der Waals surface area (Å²) in [7, 11) is 0. The summed E-state index contributed by atoms with van der Waals surface area (Å²) in [5, 5.41) is 4.68. The second-order valence-corrected chi connectivity index (χ2v) is 14.0. The van der Waals surface area contributed by atoms with Crippen LogP contribution in [0, 0.1) is 0 Å². The first-order chi connectivity index (χ1) is 27.7. The summed E-state index contributed by atoms with van der Waals surface area (Å²) in [6.07, 6.45) is 0. The van der Waals surface area contributed by atoms with Crippen LogP contribution in [0.15, 0.2) is 212 Å². The quantitative estimate of drug-likeness (QED) is 0.165. The van der Waals surface area contributed by atoms with Crippen LogP contribution in [-0.2, 0) is 0 Å². The Morgan fingerprint density at radius 1 is 0.214 bits per heavy atom. The summed E-state index contributed by atoms with van der Waals surface area (Å²) in [4.78, 5) is 15.5. The standard InChI is InChI=1S/C53H35N3/c1-3-14-36(15-4-1)38-28-30-41(31-29-38)51-54-52(56-53(55-51)49-27-13-21-40-19-8-10-25-46(40)49)44-23-11-22-43(34-44)47-33-32-42(37-16-5-2-6-17-37)35-50(47)48-26-12-20-39-18-7-9-24-45(39)48/h1-35H. The van der Waals surface area contributed by atoms with E-state index >= 15 is 0 Å². The van der Waals surface area contributed by atoms with Gasteiger partial charge in [-0.15, -0.1) is 0 Å². The molecule has 262 valence electrons. The SMILES string of the molecule is c1ccc(-c2ccc(-c3nc(-c4cccc(-c5ccc(-c6ccccc6)cc5-c5cccc6ccccc56)c4)nc(-c4cccc5ccccc45)n3)cc2)cc1. The van der Waals surface area contributed by atoms with Crippen molar-refractivity contribution in [3.8, 4) is 78.7 Å². The summed E-state index contributed by atoms with van der Waals surface area (Å²) < 4.78 is 0. The molecule has 0 spiro atoms. The third-order valence-electron chi connectivity index (χ3n) is 10.6. The van der Waals surface area contributed by atoms with Crippen LogP contribution in [0.1, 0.15) is 0 Å². The molecule has 3 nitrogen and oxygen atoms in total. The predicted molar refractivity (Wildman–Crippen MR) is 233 cm³/mol. The lowest BCUT2D eigenvalue weighted by molar-refractivity contribution is 1.08. The van der Waals surface area contributed by atoms with Crippen LogP contribution in [0.4, 0.5) is 0 Å². The van der Waals surface area contributed by atoms with Gasteiger partial charge in [-0.1, -0.05) is 200 Å². The Kier molecular flexibility index (Phi) is 8.51. The Bertz CT molecular complexity index is 3000. The van der Waals surface area contributed by atoms with E-state index in [0.717, 1.165) is 44.2 Å². The molecule has 0 saturated carbocycles. The number of rotatable bonds is 7. The molecule has 56 heavy (non-hydrogen) atoms. The zero-order chi connectivity index (χ0) is 37.3. The third kappa shape index (κ3) is 6.31. The topological polar surface area (TPSA) is 38.7 Å². The van der Waals surface area contributed by atoms with Gasteiger partial charge in [-0.05, 0) is 78.2 Å². The molecule has 0 atom stereocenters. The Hall–Kier alpha value is -7.49. The van der Waals surface area contributed by atoms with Gasteiger partial charge in [-0.2, -0.15) is 0 Å². The molecule has 1 aromatic heterocycles. The zero-order valence-corrected chi connectivity index (χ0v) is 30.5. The largest absolute Gasteiger partial charge is 0.208 e. The number of fused-ring (bicyclic) bond motifs is 2. The van der Waals surface area contributed by atoms with Gasteiger partial charge in [0.15, 0.2) is 17.5 Å². The van der Waals surface area contributed by atoms with Gasteiger partial charge < -0.3 is 0 Å². The van der Waals surface area contributed by atoms with Gasteiger partial charge in [-0.3, -0.25) is 0 Å². The summed E-state index contributed by atoms with van der Waals surface area (Å²) >= 11 is 0. The second kappa shape index (κ2) is 14.4. The summed E-state index contributed by atoms with van der Waals surface area (Å²) in [6.45, 7) is 0. The minimum atomic E-state index is 0.625. The highest BCUT2D eigenvalue weighted by Crippen LogP contribution is 2.40. The van der Waals surface area contributed by atoms with Gasteiger partial charge in [-0.25, -0.2) is 15.0 Å². The van der Waals surface area contributed by atoms with Crippen molar-refractivity contribution in [3.05, 3.63) is 212 Å². The zero-order valence-electron chi connectivity index (χ0n) is 30.5. The Labute approximate surface area is 326 Å². The fraction of sp³-hybridized carbons (Fsp3) is 0. The first kappa shape index (κ1) is 33.1. The van der Waals surface area contributed by atoms with Crippen molar-refractivity contribution in [3.63, 3.8) is 0 Å². The Balaban J connectivity index is 1.14. The molecule has 10 rings (SSSR count). The molecule has 0 aliphatic heterocycles. The highest BCUT2D eigenvalue weighted by atomic mass is 15.0. The molecule has 0 fully saturated rings. The van der Waals surface area contributed by atoms with Crippen molar-refractivity contribution in [2.45, 2.75) is 0 Å². The van der Waals surface area contributed by atoms with Gasteiger partial charge >= 0.3 is 0 Å². The van der Waals surface area contributed by atoms with Crippen LogP contribution in [0.5, 0.6) is 0 Å². The lowest BCUT2D eigenvalue weighted by Crippen LogP contribution is -2.01. The van der Waals surface area contributed by atoms with Crippen molar-refractivity contribution in [2.75, 3.05) is 0 Å². The number of nitrogens with zero attached hydrogens (tertiary/aromatic N) is 3. The monoisotopic (exact) mass is 713 g/mol. The maximum atomic E-state index is 5.20. The van der Waals surface area contributed by atoms with E-state index in [0.29, 0.717) is 17.5 Å². The van der Waals surface area contributed by atoms with Crippen LogP contribution in [0.25, 0.3) is 100 Å². The van der Waals surface area contributed by atoms with Crippen LogP contribution in [0.2, 0.25) is 0 Å². The summed E-state index contributed by atoms with van der Waals surface area (Å²) in [5.41, 5.74) is 12.1. The lowest BCUT2D eigenvalue weighted by Gasteiger charge is -2.16. The Morgan fingerprint density at radius 2 is 0.661 bits per heavy atom. The molecule has 0 radical (unpaired) electrons. The van der Waals surface area contributed by atoms with Crippen LogP contribution in [-0.4, -0.2) is 15.0 Å². The molecule has 10 aromatic rings. The normalized spacial score (nSPS) is 11.2. The molecule has 0 saturated heterocycles. The summed E-state index contributed by atoms with van der Waals surface area (Å²) in [5.74, 6) is 1.90. The van der Waals surface area contributed by atoms with E-state index in [1.807, 2.05) is 6.07 Å². The molecule has 0 aliphatic carbocycles. The lowest BCUT2D eigenvalue weighted by atomic mass is 9.88. The van der Waals surface area contributed by atoms with Crippen molar-refractivity contribution >= 4 is 21.5 Å². The van der Waals surface area contributed by atoms with Gasteiger partial charge in [0.25, 0.3) is 0 Å². The second-order valence-electron chi connectivity index (χ2n) is 14.0. The van der Waals surface area contributed by atoms with Crippen LogP contribution in [0.3, 0.4) is 0 Å². The fourth-order valence-corrected chi connectivity index (χ4v) is 7.73. The average molecular weight is 714 g/mol. The molecular weight excluding hydrogens is 679 g/mol. The van der Waals surface area contributed by atoms with E-state index in [1.54, 1.807) is 0 Å². The van der Waals surface area contributed by atoms with E-state index in [4.69, 9.17) is 15.0 Å². The molecule has 0 unspecified atom stereocenters. The molecular formula is C53H35N3. The minimum Gasteiger partial charge on any atom is -0.208 e. The van der Waals surface area contributed by atoms with E-state index in [-0.39, 0.29) is 0 Å². The first-order valence-corrected chi connectivity index (χ1v) is 18.9. The number of aromatic nitrogens is 3. The number of benzene rings is 9. The molecule has 0 N–H and O–H groups in total. The molecule has 0 bridgehead atoms. The van der Waals surface area contributed by atoms with Crippen molar-refractivity contribution in [1.82, 2.24) is 15.0 Å². The molecule has 0 amide bonds. The van der Waals surface area contributed by atoms with Gasteiger partial charge in [0, 0.05) is 16.7 Å². The number of hydrogen-bond donors (Lipinski definition) is 0. The Morgan fingerprint density at radius 3 is 1.36 bits per heavy atom. The predicted octanol–water partition coefficient (Wildman–Crippen LogP) is 13.8. The smallest absolute Gasteiger partial charge is 0.164 e. The first-order valence-electron chi connectivity index (χ1n) is 18.9. The van der Waals surface area contributed by atoms with E-state index < -0.39 is 0 Å². The highest BCUT2D eigenvalue weighted by molar-refractivity contribution is 6.02. The molecule has 9 aromatic carbocycles. The minimum absolute atomic E-state index is 0.625. The van der Waals surface area contributed by atoms with E-state index in [1.165, 1.54) is 38.6 Å². The average Bonchev–Trinajstić information content (AvgIpc) is 3.29. The van der Waals surface area contributed by atoms with Crippen molar-refractivity contribution in [2.24, 2.45) is 0 Å². The van der Waals surface area contributed by atoms with Crippen molar-refractivity contribution < 1.29 is 0 Å². The van der Waals surface area contributed by atoms with E-state index in [9.17, 15) is 0 Å². The maximum Gasteiger partial charge on any atom is 0.164 e. The van der Waals surface area contributed by atoms with Crippen molar-refractivity contribution in [1.29, 1.82) is 0 Å². The van der Waals surface area contributed by atoms with Gasteiger partial charge in [0.1, 0.15) is 0 Å². The number of hydrogen-bond acceptors (Lipinski definition) is 3. The summed E-state index contributed by atoms with van der Waals surface area (Å²) in [6, 6.07) is 74.8. The highest BCUT2D eigenvalue weighted by Gasteiger charge is 2.17. The fourth-order valence-electron chi connectivity index (χ4n) is 7.73. The molecule has 0 aliphatic rings. The molecule has 1 heterocycles. The molecule has 3 heteroatoms. The van der Waals surface area contributed by atoms with Gasteiger partial charge in [0.05, 0.1) is 0 Å². The van der Waals surface area contributed by atoms with Crippen LogP contribution >= 0.6 is 0 Å². The van der Waals surface area contributed by atoms with Crippen LogP contribution < -0.4 is 0 Å². The maximum absolute atomic E-state index is 5.20. The van der Waals surface area contributed by atoms with E-state index in [2.05, 4.69) is 206 Å². The van der Waals surface area contributed by atoms with Gasteiger partial charge in [0.2, 0.25) is 0 Å².